The van der Waals surface area contributed by atoms with Crippen molar-refractivity contribution in [3.05, 3.63) is 38.9 Å². The van der Waals surface area contributed by atoms with Gasteiger partial charge in [-0.3, -0.25) is 10.1 Å². The van der Waals surface area contributed by atoms with E-state index in [1.54, 1.807) is 0 Å². The molecule has 1 aliphatic rings. The molecule has 0 heterocycles. The van der Waals surface area contributed by atoms with Gasteiger partial charge in [0, 0.05) is 0 Å². The predicted molar refractivity (Wildman–Crippen MR) is 70.3 cm³/mol. The topological polar surface area (TPSA) is 69.4 Å². The minimum Gasteiger partial charge on any atom is -0.462 e. The predicted octanol–water partition coefficient (Wildman–Crippen LogP) is 3.60. The number of benzene rings is 1. The molecule has 1 aliphatic carbocycles. The average molecular weight is 284 g/mol. The van der Waals surface area contributed by atoms with Crippen molar-refractivity contribution in [3.63, 3.8) is 0 Å². The average Bonchev–Trinajstić information content (AvgIpc) is 2.88. The first kappa shape index (κ1) is 13.8. The van der Waals surface area contributed by atoms with Crippen molar-refractivity contribution in [2.45, 2.75) is 25.7 Å². The van der Waals surface area contributed by atoms with Crippen molar-refractivity contribution in [2.24, 2.45) is 5.92 Å². The number of nitrogens with zero attached hydrogens (tertiary/aromatic N) is 1. The number of nitro benzene ring substituents is 1. The van der Waals surface area contributed by atoms with Crippen molar-refractivity contribution >= 4 is 23.3 Å². The highest BCUT2D eigenvalue weighted by Gasteiger charge is 2.25. The SMILES string of the molecule is O=C(OCC1CCCC1)c1cccc(Cl)c1[N+](=O)[O-]. The molecule has 0 radical (unpaired) electrons. The summed E-state index contributed by atoms with van der Waals surface area (Å²) in [5, 5.41) is 10.9. The highest BCUT2D eigenvalue weighted by atomic mass is 35.5. The van der Waals surface area contributed by atoms with Crippen LogP contribution < -0.4 is 0 Å². The molecule has 102 valence electrons. The molecule has 0 spiro atoms. The fourth-order valence-corrected chi connectivity index (χ4v) is 2.56. The van der Waals surface area contributed by atoms with Crippen LogP contribution in [0, 0.1) is 16.0 Å². The molecule has 2 rings (SSSR count). The van der Waals surface area contributed by atoms with Crippen LogP contribution in [0.25, 0.3) is 0 Å². The van der Waals surface area contributed by atoms with Gasteiger partial charge in [-0.25, -0.2) is 4.79 Å². The number of para-hydroxylation sites is 1. The Morgan fingerprint density at radius 2 is 2.11 bits per heavy atom. The van der Waals surface area contributed by atoms with Gasteiger partial charge in [-0.2, -0.15) is 0 Å². The third-order valence-corrected chi connectivity index (χ3v) is 3.62. The number of hydrogen-bond acceptors (Lipinski definition) is 4. The summed E-state index contributed by atoms with van der Waals surface area (Å²) < 4.78 is 5.16. The smallest absolute Gasteiger partial charge is 0.345 e. The van der Waals surface area contributed by atoms with Crippen molar-refractivity contribution in [1.29, 1.82) is 0 Å². The van der Waals surface area contributed by atoms with E-state index in [1.165, 1.54) is 18.2 Å². The first-order valence-corrected chi connectivity index (χ1v) is 6.57. The van der Waals surface area contributed by atoms with Gasteiger partial charge in [0.05, 0.1) is 11.5 Å². The lowest BCUT2D eigenvalue weighted by molar-refractivity contribution is -0.385. The van der Waals surface area contributed by atoms with Crippen LogP contribution in [0.5, 0.6) is 0 Å². The lowest BCUT2D eigenvalue weighted by atomic mass is 10.1. The lowest BCUT2D eigenvalue weighted by Crippen LogP contribution is -2.13. The molecule has 0 atom stereocenters. The Hall–Kier alpha value is -1.62. The van der Waals surface area contributed by atoms with E-state index < -0.39 is 10.9 Å². The molecule has 0 unspecified atom stereocenters. The molecule has 5 nitrogen and oxygen atoms in total. The van der Waals surface area contributed by atoms with Crippen molar-refractivity contribution in [1.82, 2.24) is 0 Å². The van der Waals surface area contributed by atoms with Gasteiger partial charge in [0.15, 0.2) is 0 Å². The van der Waals surface area contributed by atoms with Crippen LogP contribution in [0.15, 0.2) is 18.2 Å². The minimum atomic E-state index is -0.680. The van der Waals surface area contributed by atoms with Crippen LogP contribution >= 0.6 is 11.6 Å². The minimum absolute atomic E-state index is 0.0553. The van der Waals surface area contributed by atoms with Crippen LogP contribution in [0.1, 0.15) is 36.0 Å². The molecule has 0 saturated heterocycles. The molecular formula is C13H14ClNO4. The van der Waals surface area contributed by atoms with Gasteiger partial charge in [0.1, 0.15) is 10.6 Å². The molecule has 1 saturated carbocycles. The van der Waals surface area contributed by atoms with Crippen molar-refractivity contribution < 1.29 is 14.5 Å². The Morgan fingerprint density at radius 1 is 1.42 bits per heavy atom. The van der Waals surface area contributed by atoms with Gasteiger partial charge >= 0.3 is 11.7 Å². The molecule has 0 bridgehead atoms. The van der Waals surface area contributed by atoms with E-state index in [9.17, 15) is 14.9 Å². The van der Waals surface area contributed by atoms with E-state index in [0.29, 0.717) is 12.5 Å². The number of carbonyl (C=O) groups excluding carboxylic acids is 1. The largest absolute Gasteiger partial charge is 0.462 e. The summed E-state index contributed by atoms with van der Waals surface area (Å²) in [6, 6.07) is 4.25. The van der Waals surface area contributed by atoms with E-state index >= 15 is 0 Å². The highest BCUT2D eigenvalue weighted by molar-refractivity contribution is 6.33. The van der Waals surface area contributed by atoms with Gasteiger partial charge in [-0.1, -0.05) is 30.5 Å². The number of carbonyl (C=O) groups is 1. The van der Waals surface area contributed by atoms with Gasteiger partial charge in [0.25, 0.3) is 0 Å². The van der Waals surface area contributed by atoms with Gasteiger partial charge in [0.2, 0.25) is 0 Å². The maximum atomic E-state index is 11.9. The summed E-state index contributed by atoms with van der Waals surface area (Å²) in [4.78, 5) is 22.2. The third-order valence-electron chi connectivity index (χ3n) is 3.31. The lowest BCUT2D eigenvalue weighted by Gasteiger charge is -2.10. The molecule has 1 fully saturated rings. The Kier molecular flexibility index (Phi) is 4.37. The maximum absolute atomic E-state index is 11.9. The van der Waals surface area contributed by atoms with Crippen LogP contribution in [-0.2, 0) is 4.74 Å². The van der Waals surface area contributed by atoms with Crippen LogP contribution in [0.3, 0.4) is 0 Å². The van der Waals surface area contributed by atoms with Gasteiger partial charge in [-0.05, 0) is 30.9 Å². The second-order valence-corrected chi connectivity index (χ2v) is 5.05. The first-order chi connectivity index (χ1) is 9.09. The molecule has 19 heavy (non-hydrogen) atoms. The second kappa shape index (κ2) is 6.02. The number of hydrogen-bond donors (Lipinski definition) is 0. The molecule has 0 aliphatic heterocycles. The van der Waals surface area contributed by atoms with E-state index in [-0.39, 0.29) is 16.3 Å². The number of nitro groups is 1. The number of esters is 1. The monoisotopic (exact) mass is 283 g/mol. The number of rotatable bonds is 4. The summed E-state index contributed by atoms with van der Waals surface area (Å²) in [6.45, 7) is 0.322. The Labute approximate surface area is 115 Å². The van der Waals surface area contributed by atoms with Crippen molar-refractivity contribution in [3.8, 4) is 0 Å². The van der Waals surface area contributed by atoms with Gasteiger partial charge < -0.3 is 4.74 Å². The Bertz CT molecular complexity index is 497. The Balaban J connectivity index is 2.10. The molecule has 0 amide bonds. The van der Waals surface area contributed by atoms with Crippen LogP contribution in [-0.4, -0.2) is 17.5 Å². The number of halogens is 1. The zero-order valence-corrected chi connectivity index (χ0v) is 11.1. The Morgan fingerprint density at radius 3 is 2.74 bits per heavy atom. The van der Waals surface area contributed by atoms with E-state index in [0.717, 1.165) is 25.7 Å². The highest BCUT2D eigenvalue weighted by Crippen LogP contribution is 2.29. The second-order valence-electron chi connectivity index (χ2n) is 4.64. The summed E-state index contributed by atoms with van der Waals surface area (Å²) in [7, 11) is 0. The maximum Gasteiger partial charge on any atom is 0.345 e. The zero-order valence-electron chi connectivity index (χ0n) is 10.3. The standard InChI is InChI=1S/C13H14ClNO4/c14-11-7-3-6-10(12(11)15(17)18)13(16)19-8-9-4-1-2-5-9/h3,6-7,9H,1-2,4-5,8H2. The molecule has 6 heteroatoms. The fraction of sp³-hybridized carbons (Fsp3) is 0.462. The third kappa shape index (κ3) is 3.23. The van der Waals surface area contributed by atoms with Crippen LogP contribution in [0.4, 0.5) is 5.69 Å². The number of ether oxygens (including phenoxy) is 1. The summed E-state index contributed by atoms with van der Waals surface area (Å²) in [6.07, 6.45) is 4.40. The van der Waals surface area contributed by atoms with E-state index in [1.807, 2.05) is 0 Å². The molecule has 0 aromatic heterocycles. The fourth-order valence-electron chi connectivity index (χ4n) is 2.31. The normalized spacial score (nSPS) is 15.4. The van der Waals surface area contributed by atoms with Crippen molar-refractivity contribution in [2.75, 3.05) is 6.61 Å². The summed E-state index contributed by atoms with van der Waals surface area (Å²) in [5.74, 6) is -0.303. The molecule has 1 aromatic carbocycles. The van der Waals surface area contributed by atoms with E-state index in [2.05, 4.69) is 0 Å². The van der Waals surface area contributed by atoms with Gasteiger partial charge in [-0.15, -0.1) is 0 Å². The van der Waals surface area contributed by atoms with Crippen LogP contribution in [0.2, 0.25) is 5.02 Å². The molecule has 1 aromatic rings. The summed E-state index contributed by atoms with van der Waals surface area (Å²) in [5.41, 5.74) is -0.476. The molecule has 0 N–H and O–H groups in total. The van der Waals surface area contributed by atoms with E-state index in [4.69, 9.17) is 16.3 Å². The first-order valence-electron chi connectivity index (χ1n) is 6.19. The summed E-state index contributed by atoms with van der Waals surface area (Å²) >= 11 is 5.75. The zero-order chi connectivity index (χ0) is 13.8. The quantitative estimate of drug-likeness (QED) is 0.481. The molecular weight excluding hydrogens is 270 g/mol.